The molecule has 0 radical (unpaired) electrons. The van der Waals surface area contributed by atoms with Gasteiger partial charge in [-0.2, -0.15) is 0 Å². The third-order valence-corrected chi connectivity index (χ3v) is 7.74. The molecule has 1 heterocycles. The van der Waals surface area contributed by atoms with Gasteiger partial charge in [-0.25, -0.2) is 0 Å². The van der Waals surface area contributed by atoms with Crippen LogP contribution in [0.3, 0.4) is 0 Å². The molecule has 1 aromatic carbocycles. The Morgan fingerprint density at radius 3 is 2.33 bits per heavy atom. The number of halogens is 1. The molecule has 1 aliphatic heterocycles. The monoisotopic (exact) mass is 383 g/mol. The van der Waals surface area contributed by atoms with Crippen LogP contribution in [0.2, 0.25) is 5.02 Å². The first-order valence-corrected chi connectivity index (χ1v) is 11.6. The van der Waals surface area contributed by atoms with Gasteiger partial charge in [0.25, 0.3) is 0 Å². The van der Waals surface area contributed by atoms with E-state index in [1.54, 1.807) is 0 Å². The van der Waals surface area contributed by atoms with Gasteiger partial charge in [-0.15, -0.1) is 0 Å². The highest BCUT2D eigenvalue weighted by Gasteiger charge is 2.35. The van der Waals surface area contributed by atoms with Crippen molar-refractivity contribution in [3.8, 4) is 11.8 Å². The molecule has 2 aliphatic carbocycles. The van der Waals surface area contributed by atoms with Gasteiger partial charge in [0, 0.05) is 10.6 Å². The average molecular weight is 384 g/mol. The summed E-state index contributed by atoms with van der Waals surface area (Å²) < 4.78 is 0. The van der Waals surface area contributed by atoms with Crippen LogP contribution < -0.4 is 0 Å². The summed E-state index contributed by atoms with van der Waals surface area (Å²) in [7, 11) is 0. The molecule has 1 saturated heterocycles. The highest BCUT2D eigenvalue weighted by molar-refractivity contribution is 6.31. The van der Waals surface area contributed by atoms with Crippen LogP contribution in [0, 0.1) is 17.3 Å². The molecular weight excluding hydrogens is 350 g/mol. The molecule has 0 amide bonds. The second kappa shape index (κ2) is 9.02. The van der Waals surface area contributed by atoms with Gasteiger partial charge in [0.15, 0.2) is 0 Å². The molecule has 2 saturated carbocycles. The Kier molecular flexibility index (Phi) is 6.46. The molecule has 0 atom stereocenters. The highest BCUT2D eigenvalue weighted by atomic mass is 35.5. The van der Waals surface area contributed by atoms with Crippen LogP contribution in [-0.2, 0) is 0 Å². The number of rotatable bonds is 2. The fraction of sp³-hybridized carbons (Fsp3) is 0.680. The lowest BCUT2D eigenvalue weighted by Gasteiger charge is -2.44. The highest BCUT2D eigenvalue weighted by Crippen LogP contribution is 2.44. The van der Waals surface area contributed by atoms with Crippen molar-refractivity contribution in [2.45, 2.75) is 83.0 Å². The van der Waals surface area contributed by atoms with Crippen LogP contribution >= 0.6 is 11.6 Å². The topological polar surface area (TPSA) is 3.24 Å². The van der Waals surface area contributed by atoms with E-state index in [2.05, 4.69) is 34.9 Å². The Bertz CT molecular complexity index is 676. The summed E-state index contributed by atoms with van der Waals surface area (Å²) in [5.74, 6) is 7.42. The van der Waals surface area contributed by atoms with Gasteiger partial charge in [-0.1, -0.05) is 68.0 Å². The number of piperidine rings is 1. The Morgan fingerprint density at radius 2 is 1.63 bits per heavy atom. The van der Waals surface area contributed by atoms with Crippen molar-refractivity contribution in [1.29, 1.82) is 0 Å². The summed E-state index contributed by atoms with van der Waals surface area (Å²) >= 11 is 6.59. The fourth-order valence-electron chi connectivity index (χ4n) is 5.59. The van der Waals surface area contributed by atoms with E-state index < -0.39 is 0 Å². The first-order chi connectivity index (χ1) is 13.2. The molecule has 27 heavy (non-hydrogen) atoms. The molecule has 146 valence electrons. The number of benzene rings is 1. The van der Waals surface area contributed by atoms with Crippen LogP contribution in [0.5, 0.6) is 0 Å². The molecule has 3 fully saturated rings. The Hall–Kier alpha value is -0.970. The molecule has 0 bridgehead atoms. The maximum atomic E-state index is 6.59. The number of likely N-dealkylation sites (tertiary alicyclic amines) is 1. The van der Waals surface area contributed by atoms with Gasteiger partial charge in [0.2, 0.25) is 0 Å². The van der Waals surface area contributed by atoms with Crippen LogP contribution in [0.4, 0.5) is 0 Å². The molecule has 4 rings (SSSR count). The standard InChI is InChI=1S/C25H34ClN/c26-24-20-21(11-12-23(24)22-9-3-1-4-10-22)8-7-17-27-18-15-25(16-19-27)13-5-2-6-14-25/h11-12,20,22H,1-6,9-10,13-19H2. The molecule has 0 N–H and O–H groups in total. The lowest BCUT2D eigenvalue weighted by molar-refractivity contribution is 0.0746. The van der Waals surface area contributed by atoms with Crippen molar-refractivity contribution >= 4 is 11.6 Å². The molecular formula is C25H34ClN. The van der Waals surface area contributed by atoms with Gasteiger partial charge >= 0.3 is 0 Å². The van der Waals surface area contributed by atoms with Gasteiger partial charge in [-0.05, 0) is 80.6 Å². The minimum atomic E-state index is 0.661. The van der Waals surface area contributed by atoms with E-state index in [-0.39, 0.29) is 0 Å². The molecule has 1 nitrogen and oxygen atoms in total. The van der Waals surface area contributed by atoms with Crippen molar-refractivity contribution in [2.24, 2.45) is 5.41 Å². The van der Waals surface area contributed by atoms with E-state index in [0.29, 0.717) is 11.3 Å². The van der Waals surface area contributed by atoms with E-state index in [0.717, 1.165) is 17.1 Å². The number of nitrogens with zero attached hydrogens (tertiary/aromatic N) is 1. The van der Waals surface area contributed by atoms with Gasteiger partial charge in [0.05, 0.1) is 6.54 Å². The Balaban J connectivity index is 1.30. The lowest BCUT2D eigenvalue weighted by atomic mass is 9.68. The molecule has 3 aliphatic rings. The summed E-state index contributed by atoms with van der Waals surface area (Å²) in [6.07, 6.45) is 16.7. The second-order valence-corrected chi connectivity index (χ2v) is 9.62. The molecule has 0 aromatic heterocycles. The third-order valence-electron chi connectivity index (χ3n) is 7.41. The second-order valence-electron chi connectivity index (χ2n) is 9.21. The van der Waals surface area contributed by atoms with Crippen LogP contribution in [0.15, 0.2) is 18.2 Å². The van der Waals surface area contributed by atoms with Crippen molar-refractivity contribution in [3.63, 3.8) is 0 Å². The quantitative estimate of drug-likeness (QED) is 0.508. The zero-order chi connectivity index (χ0) is 18.5. The predicted octanol–water partition coefficient (Wildman–Crippen LogP) is 6.79. The number of hydrogen-bond acceptors (Lipinski definition) is 1. The Morgan fingerprint density at radius 1 is 0.926 bits per heavy atom. The van der Waals surface area contributed by atoms with Crippen LogP contribution in [0.1, 0.15) is 94.1 Å². The predicted molar refractivity (Wildman–Crippen MR) is 115 cm³/mol. The minimum Gasteiger partial charge on any atom is -0.292 e. The summed E-state index contributed by atoms with van der Waals surface area (Å²) in [5, 5.41) is 0.922. The van der Waals surface area contributed by atoms with E-state index in [1.807, 2.05) is 0 Å². The van der Waals surface area contributed by atoms with Crippen molar-refractivity contribution in [2.75, 3.05) is 19.6 Å². The van der Waals surface area contributed by atoms with Crippen LogP contribution in [-0.4, -0.2) is 24.5 Å². The first kappa shape index (κ1) is 19.4. The maximum absolute atomic E-state index is 6.59. The average Bonchev–Trinajstić information content (AvgIpc) is 2.71. The maximum Gasteiger partial charge on any atom is 0.0605 e. The first-order valence-electron chi connectivity index (χ1n) is 11.2. The van der Waals surface area contributed by atoms with Gasteiger partial charge < -0.3 is 0 Å². The largest absolute Gasteiger partial charge is 0.292 e. The zero-order valence-electron chi connectivity index (χ0n) is 16.7. The fourth-order valence-corrected chi connectivity index (χ4v) is 5.93. The smallest absolute Gasteiger partial charge is 0.0605 e. The minimum absolute atomic E-state index is 0.661. The van der Waals surface area contributed by atoms with E-state index in [9.17, 15) is 0 Å². The van der Waals surface area contributed by atoms with Crippen molar-refractivity contribution in [3.05, 3.63) is 34.3 Å². The van der Waals surface area contributed by atoms with E-state index in [4.69, 9.17) is 11.6 Å². The molecule has 2 heteroatoms. The third kappa shape index (κ3) is 4.90. The summed E-state index contributed by atoms with van der Waals surface area (Å²) in [6.45, 7) is 3.37. The summed E-state index contributed by atoms with van der Waals surface area (Å²) in [4.78, 5) is 2.55. The Labute approximate surface area is 170 Å². The molecule has 1 spiro atoms. The normalized spacial score (nSPS) is 23.7. The van der Waals surface area contributed by atoms with E-state index >= 15 is 0 Å². The van der Waals surface area contributed by atoms with E-state index in [1.165, 1.54) is 95.7 Å². The zero-order valence-corrected chi connectivity index (χ0v) is 17.5. The molecule has 1 aromatic rings. The summed E-state index contributed by atoms with van der Waals surface area (Å²) in [6, 6.07) is 6.50. The van der Waals surface area contributed by atoms with Crippen molar-refractivity contribution in [1.82, 2.24) is 4.90 Å². The lowest BCUT2D eigenvalue weighted by Crippen LogP contribution is -2.41. The SMILES string of the molecule is Clc1cc(C#CCN2CCC3(CCCCC3)CC2)ccc1C1CCCCC1. The van der Waals surface area contributed by atoms with Gasteiger partial charge in [-0.3, -0.25) is 4.90 Å². The molecule has 0 unspecified atom stereocenters. The number of hydrogen-bond donors (Lipinski definition) is 0. The summed E-state index contributed by atoms with van der Waals surface area (Å²) in [5.41, 5.74) is 3.10. The van der Waals surface area contributed by atoms with Crippen LogP contribution in [0.25, 0.3) is 0 Å². The van der Waals surface area contributed by atoms with Gasteiger partial charge in [0.1, 0.15) is 0 Å². The van der Waals surface area contributed by atoms with Crippen molar-refractivity contribution < 1.29 is 0 Å².